The number of unbranched alkanes of at least 4 members (excludes halogenated alkanes) is 2. The third-order valence-electron chi connectivity index (χ3n) is 3.06. The van der Waals surface area contributed by atoms with Gasteiger partial charge in [0.1, 0.15) is 0 Å². The molecule has 4 heteroatoms. The highest BCUT2D eigenvalue weighted by Gasteiger charge is 2.26. The Morgan fingerprint density at radius 1 is 1.18 bits per heavy atom. The standard InChI is InChI=1S/C13H25NO3/c1-10(13(2,3)4)12(17)14-9-7-5-6-8-11(15)16/h10H,5-9H2,1-4H3,(H,14,17)(H,15,16). The second-order valence-corrected chi connectivity index (χ2v) is 5.58. The van der Waals surface area contributed by atoms with Crippen molar-refractivity contribution in [1.82, 2.24) is 5.32 Å². The van der Waals surface area contributed by atoms with E-state index in [9.17, 15) is 9.59 Å². The predicted molar refractivity (Wildman–Crippen MR) is 67.7 cm³/mol. The van der Waals surface area contributed by atoms with Crippen molar-refractivity contribution >= 4 is 11.9 Å². The van der Waals surface area contributed by atoms with Crippen molar-refractivity contribution < 1.29 is 14.7 Å². The van der Waals surface area contributed by atoms with Gasteiger partial charge in [-0.05, 0) is 18.3 Å². The van der Waals surface area contributed by atoms with E-state index < -0.39 is 5.97 Å². The lowest BCUT2D eigenvalue weighted by Crippen LogP contribution is -2.36. The molecule has 1 amide bonds. The first-order valence-electron chi connectivity index (χ1n) is 6.24. The van der Waals surface area contributed by atoms with Gasteiger partial charge in [0.15, 0.2) is 0 Å². The minimum atomic E-state index is -0.754. The number of carboxylic acid groups (broad SMARTS) is 1. The van der Waals surface area contributed by atoms with Crippen molar-refractivity contribution in [3.05, 3.63) is 0 Å². The number of carboxylic acids is 1. The normalized spacial score (nSPS) is 13.2. The monoisotopic (exact) mass is 243 g/mol. The van der Waals surface area contributed by atoms with Crippen molar-refractivity contribution in [2.24, 2.45) is 11.3 Å². The zero-order valence-corrected chi connectivity index (χ0v) is 11.4. The summed E-state index contributed by atoms with van der Waals surface area (Å²) in [5.74, 6) is -0.687. The second kappa shape index (κ2) is 7.30. The van der Waals surface area contributed by atoms with E-state index >= 15 is 0 Å². The highest BCUT2D eigenvalue weighted by molar-refractivity contribution is 5.78. The van der Waals surface area contributed by atoms with E-state index in [4.69, 9.17) is 5.11 Å². The molecule has 2 N–H and O–H groups in total. The number of rotatable bonds is 7. The van der Waals surface area contributed by atoms with Gasteiger partial charge in [-0.1, -0.05) is 34.1 Å². The van der Waals surface area contributed by atoms with E-state index in [1.807, 2.05) is 27.7 Å². The topological polar surface area (TPSA) is 66.4 Å². The molecule has 0 saturated heterocycles. The van der Waals surface area contributed by atoms with Crippen LogP contribution in [0.25, 0.3) is 0 Å². The molecule has 4 nitrogen and oxygen atoms in total. The summed E-state index contributed by atoms with van der Waals surface area (Å²) in [5.41, 5.74) is -0.0204. The molecule has 0 fully saturated rings. The molecule has 0 saturated carbocycles. The summed E-state index contributed by atoms with van der Waals surface area (Å²) in [6.45, 7) is 8.71. The van der Waals surface area contributed by atoms with Crippen molar-refractivity contribution in [1.29, 1.82) is 0 Å². The molecule has 0 bridgehead atoms. The predicted octanol–water partition coefficient (Wildman–Crippen LogP) is 2.43. The molecular formula is C13H25NO3. The van der Waals surface area contributed by atoms with Crippen LogP contribution in [0.2, 0.25) is 0 Å². The molecule has 0 rings (SSSR count). The van der Waals surface area contributed by atoms with Gasteiger partial charge in [-0.3, -0.25) is 9.59 Å². The van der Waals surface area contributed by atoms with Gasteiger partial charge in [0.05, 0.1) is 0 Å². The Labute approximate surface area is 104 Å². The largest absolute Gasteiger partial charge is 0.481 e. The van der Waals surface area contributed by atoms with Crippen LogP contribution < -0.4 is 5.32 Å². The maximum Gasteiger partial charge on any atom is 0.303 e. The zero-order valence-electron chi connectivity index (χ0n) is 11.4. The summed E-state index contributed by atoms with van der Waals surface area (Å²) >= 11 is 0. The Morgan fingerprint density at radius 2 is 1.76 bits per heavy atom. The van der Waals surface area contributed by atoms with Crippen molar-refractivity contribution in [2.45, 2.75) is 53.4 Å². The van der Waals surface area contributed by atoms with Crippen molar-refractivity contribution in [3.8, 4) is 0 Å². The van der Waals surface area contributed by atoms with Crippen molar-refractivity contribution in [2.75, 3.05) is 6.54 Å². The van der Waals surface area contributed by atoms with E-state index in [-0.39, 0.29) is 23.7 Å². The molecular weight excluding hydrogens is 218 g/mol. The van der Waals surface area contributed by atoms with Gasteiger partial charge in [-0.25, -0.2) is 0 Å². The number of hydrogen-bond donors (Lipinski definition) is 2. The third-order valence-corrected chi connectivity index (χ3v) is 3.06. The van der Waals surface area contributed by atoms with Crippen LogP contribution in [0.4, 0.5) is 0 Å². The highest BCUT2D eigenvalue weighted by Crippen LogP contribution is 2.25. The zero-order chi connectivity index (χ0) is 13.5. The van der Waals surface area contributed by atoms with Gasteiger partial charge < -0.3 is 10.4 Å². The summed E-state index contributed by atoms with van der Waals surface area (Å²) in [5, 5.41) is 11.3. The Hall–Kier alpha value is -1.06. The Morgan fingerprint density at radius 3 is 2.24 bits per heavy atom. The fraction of sp³-hybridized carbons (Fsp3) is 0.846. The second-order valence-electron chi connectivity index (χ2n) is 5.58. The van der Waals surface area contributed by atoms with E-state index in [0.29, 0.717) is 13.0 Å². The maximum atomic E-state index is 11.7. The number of nitrogens with one attached hydrogen (secondary N) is 1. The molecule has 1 atom stereocenters. The molecule has 100 valence electrons. The smallest absolute Gasteiger partial charge is 0.303 e. The Kier molecular flexibility index (Phi) is 6.85. The number of hydrogen-bond acceptors (Lipinski definition) is 2. The molecule has 0 aromatic carbocycles. The fourth-order valence-corrected chi connectivity index (χ4v) is 1.34. The summed E-state index contributed by atoms with van der Waals surface area (Å²) < 4.78 is 0. The SMILES string of the molecule is CC(C(=O)NCCCCCC(=O)O)C(C)(C)C. The van der Waals surface area contributed by atoms with Crippen LogP contribution in [-0.2, 0) is 9.59 Å². The van der Waals surface area contributed by atoms with Crippen LogP contribution in [0.5, 0.6) is 0 Å². The molecule has 0 aromatic rings. The lowest BCUT2D eigenvalue weighted by molar-refractivity contribution is -0.137. The molecule has 17 heavy (non-hydrogen) atoms. The summed E-state index contributed by atoms with van der Waals surface area (Å²) in [7, 11) is 0. The first-order valence-corrected chi connectivity index (χ1v) is 6.24. The van der Waals surface area contributed by atoms with Gasteiger partial charge >= 0.3 is 5.97 Å². The third kappa shape index (κ3) is 7.77. The molecule has 0 aromatic heterocycles. The van der Waals surface area contributed by atoms with Crippen LogP contribution in [0.3, 0.4) is 0 Å². The van der Waals surface area contributed by atoms with Gasteiger partial charge in [0.2, 0.25) is 5.91 Å². The number of carbonyl (C=O) groups is 2. The van der Waals surface area contributed by atoms with E-state index in [1.54, 1.807) is 0 Å². The van der Waals surface area contributed by atoms with E-state index in [2.05, 4.69) is 5.32 Å². The van der Waals surface area contributed by atoms with Crippen LogP contribution in [0.15, 0.2) is 0 Å². The molecule has 0 spiro atoms. The van der Waals surface area contributed by atoms with Gasteiger partial charge in [-0.2, -0.15) is 0 Å². The minimum Gasteiger partial charge on any atom is -0.481 e. The highest BCUT2D eigenvalue weighted by atomic mass is 16.4. The van der Waals surface area contributed by atoms with Gasteiger partial charge in [0.25, 0.3) is 0 Å². The summed E-state index contributed by atoms with van der Waals surface area (Å²) in [6.07, 6.45) is 2.58. The van der Waals surface area contributed by atoms with Gasteiger partial charge in [-0.15, -0.1) is 0 Å². The quantitative estimate of drug-likeness (QED) is 0.675. The van der Waals surface area contributed by atoms with Crippen LogP contribution in [0.1, 0.15) is 53.4 Å². The van der Waals surface area contributed by atoms with Crippen LogP contribution >= 0.6 is 0 Å². The average molecular weight is 243 g/mol. The number of aliphatic carboxylic acids is 1. The fourth-order valence-electron chi connectivity index (χ4n) is 1.34. The van der Waals surface area contributed by atoms with E-state index in [1.165, 1.54) is 0 Å². The molecule has 0 aliphatic rings. The Balaban J connectivity index is 3.62. The van der Waals surface area contributed by atoms with Gasteiger partial charge in [0, 0.05) is 18.9 Å². The molecule has 1 unspecified atom stereocenters. The Bertz CT molecular complexity index is 256. The van der Waals surface area contributed by atoms with Crippen LogP contribution in [0, 0.1) is 11.3 Å². The van der Waals surface area contributed by atoms with E-state index in [0.717, 1.165) is 12.8 Å². The summed E-state index contributed by atoms with van der Waals surface area (Å²) in [6, 6.07) is 0. The minimum absolute atomic E-state index is 0.0125. The lowest BCUT2D eigenvalue weighted by atomic mass is 9.81. The number of carbonyl (C=O) groups excluding carboxylic acids is 1. The van der Waals surface area contributed by atoms with Crippen molar-refractivity contribution in [3.63, 3.8) is 0 Å². The molecule has 0 aliphatic heterocycles. The average Bonchev–Trinajstić information content (AvgIpc) is 2.19. The lowest BCUT2D eigenvalue weighted by Gasteiger charge is -2.26. The molecule has 0 radical (unpaired) electrons. The molecule has 0 heterocycles. The first kappa shape index (κ1) is 15.9. The maximum absolute atomic E-state index is 11.7. The summed E-state index contributed by atoms with van der Waals surface area (Å²) in [4.78, 5) is 22.0. The number of amides is 1. The first-order chi connectivity index (χ1) is 7.75. The van der Waals surface area contributed by atoms with Crippen LogP contribution in [-0.4, -0.2) is 23.5 Å². The molecule has 0 aliphatic carbocycles.